The topological polar surface area (TPSA) is 47.7 Å². The van der Waals surface area contributed by atoms with Crippen molar-refractivity contribution in [3.8, 4) is 5.75 Å². The highest BCUT2D eigenvalue weighted by molar-refractivity contribution is 5.15. The summed E-state index contributed by atoms with van der Waals surface area (Å²) in [5.41, 5.74) is -0.0763. The molecule has 5 heteroatoms. The molecular weight excluding hydrogens is 304 g/mol. The fraction of sp³-hybridized carbons (Fsp3) is 0.526. The summed E-state index contributed by atoms with van der Waals surface area (Å²) < 4.78 is 17.8. The van der Waals surface area contributed by atoms with Crippen LogP contribution >= 0.6 is 0 Å². The number of hydrogen-bond donors (Lipinski definition) is 0. The Balaban J connectivity index is 1.40. The smallest absolute Gasteiger partial charge is 0.137 e. The van der Waals surface area contributed by atoms with E-state index in [4.69, 9.17) is 13.9 Å². The normalized spacial score (nSPS) is 27.6. The van der Waals surface area contributed by atoms with Crippen LogP contribution in [0.3, 0.4) is 0 Å². The van der Waals surface area contributed by atoms with Gasteiger partial charge in [-0.15, -0.1) is 0 Å². The number of ether oxygens (including phenoxy) is 2. The maximum atomic E-state index is 6.31. The van der Waals surface area contributed by atoms with Crippen LogP contribution in [0.15, 0.2) is 47.3 Å². The van der Waals surface area contributed by atoms with E-state index < -0.39 is 0 Å². The van der Waals surface area contributed by atoms with E-state index in [1.54, 1.807) is 18.7 Å². The van der Waals surface area contributed by atoms with E-state index in [0.717, 1.165) is 50.6 Å². The Morgan fingerprint density at radius 3 is 3.17 bits per heavy atom. The highest BCUT2D eigenvalue weighted by Gasteiger charge is 2.47. The fourth-order valence-electron chi connectivity index (χ4n) is 4.02. The van der Waals surface area contributed by atoms with Crippen molar-refractivity contribution in [3.05, 3.63) is 48.7 Å². The zero-order valence-corrected chi connectivity index (χ0v) is 13.9. The second-order valence-electron chi connectivity index (χ2n) is 6.79. The van der Waals surface area contributed by atoms with Gasteiger partial charge >= 0.3 is 0 Å². The molecule has 2 aliphatic rings. The van der Waals surface area contributed by atoms with Gasteiger partial charge in [-0.3, -0.25) is 9.88 Å². The quantitative estimate of drug-likeness (QED) is 0.844. The first-order valence-electron chi connectivity index (χ1n) is 8.76. The van der Waals surface area contributed by atoms with Crippen LogP contribution in [0.1, 0.15) is 25.0 Å². The Kier molecular flexibility index (Phi) is 4.54. The lowest BCUT2D eigenvalue weighted by atomic mass is 9.89. The van der Waals surface area contributed by atoms with Crippen LogP contribution in [0.25, 0.3) is 0 Å². The number of hydrogen-bond acceptors (Lipinski definition) is 5. The first-order valence-corrected chi connectivity index (χ1v) is 8.76. The van der Waals surface area contributed by atoms with Gasteiger partial charge in [0.05, 0.1) is 37.8 Å². The van der Waals surface area contributed by atoms with E-state index in [9.17, 15) is 0 Å². The van der Waals surface area contributed by atoms with Gasteiger partial charge in [0.2, 0.25) is 0 Å². The minimum Gasteiger partial charge on any atom is -0.492 e. The molecule has 2 aromatic rings. The van der Waals surface area contributed by atoms with Gasteiger partial charge in [0.15, 0.2) is 0 Å². The monoisotopic (exact) mass is 328 g/mol. The molecule has 2 atom stereocenters. The fourth-order valence-corrected chi connectivity index (χ4v) is 4.02. The first kappa shape index (κ1) is 15.7. The third-order valence-electron chi connectivity index (χ3n) is 5.23. The maximum Gasteiger partial charge on any atom is 0.137 e. The van der Waals surface area contributed by atoms with Crippen LogP contribution in [0.2, 0.25) is 0 Å². The van der Waals surface area contributed by atoms with Gasteiger partial charge < -0.3 is 13.9 Å². The zero-order valence-electron chi connectivity index (χ0n) is 13.9. The van der Waals surface area contributed by atoms with Gasteiger partial charge in [0.25, 0.3) is 0 Å². The summed E-state index contributed by atoms with van der Waals surface area (Å²) in [5.74, 6) is 2.29. The summed E-state index contributed by atoms with van der Waals surface area (Å²) in [4.78, 5) is 6.56. The molecule has 2 aromatic heterocycles. The molecule has 0 aromatic carbocycles. The van der Waals surface area contributed by atoms with Crippen molar-refractivity contribution < 1.29 is 13.9 Å². The Morgan fingerprint density at radius 1 is 1.33 bits per heavy atom. The molecular formula is C19H24N2O3. The van der Waals surface area contributed by atoms with E-state index in [2.05, 4.69) is 9.88 Å². The Hall–Kier alpha value is -1.85. The van der Waals surface area contributed by atoms with Crippen molar-refractivity contribution in [2.75, 3.05) is 26.3 Å². The van der Waals surface area contributed by atoms with E-state index >= 15 is 0 Å². The highest BCUT2D eigenvalue weighted by Crippen LogP contribution is 2.41. The van der Waals surface area contributed by atoms with Crippen LogP contribution in [0.4, 0.5) is 0 Å². The number of aromatic nitrogens is 1. The molecule has 1 aliphatic carbocycles. The van der Waals surface area contributed by atoms with E-state index in [1.807, 2.05) is 24.3 Å². The minimum absolute atomic E-state index is 0.0763. The van der Waals surface area contributed by atoms with Gasteiger partial charge in [-0.2, -0.15) is 0 Å². The molecule has 1 spiro atoms. The lowest BCUT2D eigenvalue weighted by Crippen LogP contribution is -2.54. The van der Waals surface area contributed by atoms with Crippen LogP contribution in [-0.4, -0.2) is 41.8 Å². The second kappa shape index (κ2) is 6.95. The van der Waals surface area contributed by atoms with Crippen LogP contribution in [-0.2, 0) is 11.3 Å². The van der Waals surface area contributed by atoms with Gasteiger partial charge in [-0.05, 0) is 43.5 Å². The summed E-state index contributed by atoms with van der Waals surface area (Å²) in [6.07, 6.45) is 8.76. The molecule has 0 unspecified atom stereocenters. The van der Waals surface area contributed by atoms with Gasteiger partial charge in [0, 0.05) is 25.2 Å². The second-order valence-corrected chi connectivity index (χ2v) is 6.79. The van der Waals surface area contributed by atoms with Crippen molar-refractivity contribution in [2.24, 2.45) is 5.92 Å². The minimum atomic E-state index is -0.0763. The molecule has 4 rings (SSSR count). The molecule has 0 N–H and O–H groups in total. The molecule has 3 heterocycles. The highest BCUT2D eigenvalue weighted by atomic mass is 16.5. The van der Waals surface area contributed by atoms with Crippen molar-refractivity contribution in [3.63, 3.8) is 0 Å². The van der Waals surface area contributed by atoms with Gasteiger partial charge in [-0.1, -0.05) is 0 Å². The van der Waals surface area contributed by atoms with Gasteiger partial charge in [-0.25, -0.2) is 0 Å². The first-order chi connectivity index (χ1) is 11.8. The van der Waals surface area contributed by atoms with Crippen molar-refractivity contribution >= 4 is 0 Å². The lowest BCUT2D eigenvalue weighted by molar-refractivity contribution is -0.138. The average Bonchev–Trinajstić information content (AvgIpc) is 3.25. The Bertz CT molecular complexity index is 631. The Morgan fingerprint density at radius 2 is 2.33 bits per heavy atom. The predicted molar refractivity (Wildman–Crippen MR) is 89.7 cm³/mol. The van der Waals surface area contributed by atoms with Crippen molar-refractivity contribution in [1.29, 1.82) is 0 Å². The summed E-state index contributed by atoms with van der Waals surface area (Å²) in [5, 5.41) is 0. The predicted octanol–water partition coefficient (Wildman–Crippen LogP) is 3.12. The number of morpholine rings is 1. The molecule has 2 fully saturated rings. The average molecular weight is 328 g/mol. The SMILES string of the molecule is c1cncc(OC[C@@H]2CCC[C@]23CN(Cc2ccco2)CCO3)c1. The third-order valence-corrected chi connectivity index (χ3v) is 5.23. The summed E-state index contributed by atoms with van der Waals surface area (Å²) in [6.45, 7) is 4.24. The number of pyridine rings is 1. The summed E-state index contributed by atoms with van der Waals surface area (Å²) >= 11 is 0. The van der Waals surface area contributed by atoms with E-state index in [-0.39, 0.29) is 5.60 Å². The summed E-state index contributed by atoms with van der Waals surface area (Å²) in [7, 11) is 0. The molecule has 128 valence electrons. The van der Waals surface area contributed by atoms with E-state index in [1.165, 1.54) is 6.42 Å². The Labute approximate surface area is 142 Å². The summed E-state index contributed by atoms with van der Waals surface area (Å²) in [6, 6.07) is 7.85. The molecule has 0 bridgehead atoms. The molecule has 5 nitrogen and oxygen atoms in total. The number of nitrogens with zero attached hydrogens (tertiary/aromatic N) is 2. The van der Waals surface area contributed by atoms with Gasteiger partial charge in [0.1, 0.15) is 11.5 Å². The molecule has 0 amide bonds. The van der Waals surface area contributed by atoms with Crippen LogP contribution < -0.4 is 4.74 Å². The number of furan rings is 1. The standard InChI is InChI=1S/C19H24N2O3/c1-4-16(14-23-17-5-2-8-20-12-17)19(7-1)15-21(9-11-24-19)13-18-6-3-10-22-18/h2-3,5-6,8,10,12,16H,1,4,7,9,11,13-15H2/t16-,19-/m0/s1. The lowest BCUT2D eigenvalue weighted by Gasteiger charge is -2.43. The molecule has 1 saturated carbocycles. The van der Waals surface area contributed by atoms with Crippen molar-refractivity contribution in [2.45, 2.75) is 31.4 Å². The zero-order chi connectivity index (χ0) is 16.2. The van der Waals surface area contributed by atoms with Crippen LogP contribution in [0, 0.1) is 5.92 Å². The molecule has 1 saturated heterocycles. The largest absolute Gasteiger partial charge is 0.492 e. The molecule has 24 heavy (non-hydrogen) atoms. The molecule has 0 radical (unpaired) electrons. The number of rotatable bonds is 5. The third kappa shape index (κ3) is 3.32. The maximum absolute atomic E-state index is 6.31. The molecule has 1 aliphatic heterocycles. The van der Waals surface area contributed by atoms with Crippen LogP contribution in [0.5, 0.6) is 5.75 Å². The van der Waals surface area contributed by atoms with Crippen molar-refractivity contribution in [1.82, 2.24) is 9.88 Å². The van der Waals surface area contributed by atoms with E-state index in [0.29, 0.717) is 12.5 Å².